The molecule has 6 nitrogen and oxygen atoms in total. The van der Waals surface area contributed by atoms with E-state index < -0.39 is 5.82 Å². The molecule has 0 aliphatic heterocycles. The number of nitrogens with zero attached hydrogens (tertiary/aromatic N) is 2. The van der Waals surface area contributed by atoms with Crippen LogP contribution in [0.4, 0.5) is 16.0 Å². The Morgan fingerprint density at radius 2 is 1.85 bits per heavy atom. The van der Waals surface area contributed by atoms with Crippen LogP contribution in [0.5, 0.6) is 5.75 Å². The van der Waals surface area contributed by atoms with Gasteiger partial charge >= 0.3 is 0 Å². The number of rotatable bonds is 4. The van der Waals surface area contributed by atoms with E-state index in [9.17, 15) is 9.18 Å². The predicted molar refractivity (Wildman–Crippen MR) is 129 cm³/mol. The van der Waals surface area contributed by atoms with Crippen LogP contribution in [0.3, 0.4) is 0 Å². The van der Waals surface area contributed by atoms with E-state index in [1.165, 1.54) is 18.2 Å². The van der Waals surface area contributed by atoms with Gasteiger partial charge in [-0.1, -0.05) is 32.9 Å². The number of halogens is 1. The van der Waals surface area contributed by atoms with E-state index in [2.05, 4.69) is 36.1 Å². The highest BCUT2D eigenvalue weighted by Crippen LogP contribution is 2.32. The number of fused-ring (bicyclic) bond motifs is 1. The van der Waals surface area contributed by atoms with Crippen molar-refractivity contribution in [2.24, 2.45) is 0 Å². The fourth-order valence-corrected chi connectivity index (χ4v) is 3.57. The summed E-state index contributed by atoms with van der Waals surface area (Å²) in [5.74, 6) is -0.0781. The van der Waals surface area contributed by atoms with Crippen molar-refractivity contribution in [2.75, 3.05) is 18.2 Å². The third-order valence-corrected chi connectivity index (χ3v) is 5.45. The first-order valence-corrected chi connectivity index (χ1v) is 10.5. The molecule has 4 aromatic rings. The number of amides is 1. The van der Waals surface area contributed by atoms with Crippen molar-refractivity contribution < 1.29 is 13.9 Å². The van der Waals surface area contributed by atoms with Crippen LogP contribution >= 0.6 is 0 Å². The number of nitrogens with two attached hydrogens (primary N) is 1. The monoisotopic (exact) mass is 444 g/mol. The lowest BCUT2D eigenvalue weighted by Crippen LogP contribution is -2.15. The Labute approximate surface area is 191 Å². The highest BCUT2D eigenvalue weighted by Gasteiger charge is 2.18. The maximum Gasteiger partial charge on any atom is 0.255 e. The number of carbonyl (C=O) groups is 1. The molecule has 3 N–H and O–H groups in total. The molecular weight excluding hydrogens is 419 g/mol. The Morgan fingerprint density at radius 3 is 2.58 bits per heavy atom. The van der Waals surface area contributed by atoms with Gasteiger partial charge in [-0.15, -0.1) is 0 Å². The molecule has 7 heteroatoms. The van der Waals surface area contributed by atoms with Gasteiger partial charge in [0.15, 0.2) is 0 Å². The Balaban J connectivity index is 1.68. The van der Waals surface area contributed by atoms with E-state index >= 15 is 0 Å². The Kier molecular flexibility index (Phi) is 5.72. The zero-order valence-electron chi connectivity index (χ0n) is 18.9. The van der Waals surface area contributed by atoms with Crippen LogP contribution in [0.15, 0.2) is 60.8 Å². The fourth-order valence-electron chi connectivity index (χ4n) is 3.57. The Morgan fingerprint density at radius 1 is 1.06 bits per heavy atom. The SMILES string of the molecule is COc1ccc(C(C)(C)C)cc1NC(=O)c1ccc(F)c(-c2ccc3nc(N)ncc3c2)c1. The predicted octanol–water partition coefficient (Wildman–Crippen LogP) is 5.58. The van der Waals surface area contributed by atoms with Crippen molar-refractivity contribution in [1.82, 2.24) is 9.97 Å². The summed E-state index contributed by atoms with van der Waals surface area (Å²) in [5.41, 5.74) is 9.03. The van der Waals surface area contributed by atoms with E-state index in [0.717, 1.165) is 10.9 Å². The lowest BCUT2D eigenvalue weighted by atomic mass is 9.87. The first-order chi connectivity index (χ1) is 15.7. The highest BCUT2D eigenvalue weighted by atomic mass is 19.1. The molecule has 4 rings (SSSR count). The summed E-state index contributed by atoms with van der Waals surface area (Å²) in [5, 5.41) is 3.63. The normalized spacial score (nSPS) is 11.4. The van der Waals surface area contributed by atoms with Crippen LogP contribution < -0.4 is 15.8 Å². The molecular formula is C26H25FN4O2. The summed E-state index contributed by atoms with van der Waals surface area (Å²) in [6.45, 7) is 6.28. The van der Waals surface area contributed by atoms with Crippen molar-refractivity contribution in [1.29, 1.82) is 0 Å². The molecule has 0 atom stereocenters. The Bertz CT molecular complexity index is 1360. The van der Waals surface area contributed by atoms with E-state index in [0.29, 0.717) is 33.6 Å². The number of anilines is 2. The minimum atomic E-state index is -0.436. The molecule has 168 valence electrons. The summed E-state index contributed by atoms with van der Waals surface area (Å²) < 4.78 is 20.1. The summed E-state index contributed by atoms with van der Waals surface area (Å²) in [4.78, 5) is 21.2. The number of hydrogen-bond acceptors (Lipinski definition) is 5. The average Bonchev–Trinajstić information content (AvgIpc) is 2.78. The van der Waals surface area contributed by atoms with Crippen molar-refractivity contribution in [3.05, 3.63) is 77.7 Å². The summed E-state index contributed by atoms with van der Waals surface area (Å²) in [6, 6.07) is 15.2. The molecule has 0 aliphatic carbocycles. The number of nitrogens with one attached hydrogen (secondary N) is 1. The van der Waals surface area contributed by atoms with Crippen LogP contribution in [0.1, 0.15) is 36.7 Å². The van der Waals surface area contributed by atoms with Gasteiger partial charge in [0.25, 0.3) is 5.91 Å². The first kappa shape index (κ1) is 22.2. The lowest BCUT2D eigenvalue weighted by molar-refractivity contribution is 0.102. The minimum absolute atomic E-state index is 0.0980. The fraction of sp³-hybridized carbons (Fsp3) is 0.192. The zero-order chi connectivity index (χ0) is 23.8. The van der Waals surface area contributed by atoms with Gasteiger partial charge in [-0.3, -0.25) is 4.79 Å². The van der Waals surface area contributed by atoms with E-state index in [-0.39, 0.29) is 17.3 Å². The van der Waals surface area contributed by atoms with E-state index in [1.54, 1.807) is 31.5 Å². The number of hydrogen-bond donors (Lipinski definition) is 2. The number of carbonyl (C=O) groups excluding carboxylic acids is 1. The molecule has 0 aliphatic rings. The number of nitrogen functional groups attached to an aromatic ring is 1. The van der Waals surface area contributed by atoms with Crippen LogP contribution in [-0.4, -0.2) is 23.0 Å². The van der Waals surface area contributed by atoms with Gasteiger partial charge in [0.05, 0.1) is 18.3 Å². The molecule has 0 saturated heterocycles. The van der Waals surface area contributed by atoms with Gasteiger partial charge in [-0.25, -0.2) is 14.4 Å². The van der Waals surface area contributed by atoms with Gasteiger partial charge in [-0.05, 0) is 59.0 Å². The molecule has 3 aromatic carbocycles. The molecule has 33 heavy (non-hydrogen) atoms. The van der Waals surface area contributed by atoms with Crippen molar-refractivity contribution in [3.8, 4) is 16.9 Å². The van der Waals surface area contributed by atoms with Gasteiger partial charge in [0, 0.05) is 22.7 Å². The maximum absolute atomic E-state index is 14.7. The molecule has 0 spiro atoms. The minimum Gasteiger partial charge on any atom is -0.495 e. The third kappa shape index (κ3) is 4.62. The second kappa shape index (κ2) is 8.50. The third-order valence-electron chi connectivity index (χ3n) is 5.45. The molecule has 0 fully saturated rings. The zero-order valence-corrected chi connectivity index (χ0v) is 18.9. The van der Waals surface area contributed by atoms with Crippen LogP contribution in [-0.2, 0) is 5.41 Å². The first-order valence-electron chi connectivity index (χ1n) is 10.5. The van der Waals surface area contributed by atoms with Crippen LogP contribution in [0.25, 0.3) is 22.0 Å². The van der Waals surface area contributed by atoms with Gasteiger partial charge in [0.1, 0.15) is 11.6 Å². The van der Waals surface area contributed by atoms with Gasteiger partial charge in [-0.2, -0.15) is 0 Å². The van der Waals surface area contributed by atoms with Crippen molar-refractivity contribution in [3.63, 3.8) is 0 Å². The van der Waals surface area contributed by atoms with E-state index in [1.807, 2.05) is 18.2 Å². The van der Waals surface area contributed by atoms with Crippen molar-refractivity contribution >= 4 is 28.4 Å². The second-order valence-electron chi connectivity index (χ2n) is 8.82. The molecule has 0 saturated carbocycles. The smallest absolute Gasteiger partial charge is 0.255 e. The standard InChI is InChI=1S/C26H25FN4O2/c1-26(2,3)18-7-10-23(33-4)22(13-18)30-24(32)16-5-8-20(27)19(12-16)15-6-9-21-17(11-15)14-29-25(28)31-21/h5-14H,1-4H3,(H,30,32)(H2,28,29,31). The molecule has 1 aromatic heterocycles. The average molecular weight is 445 g/mol. The van der Waals surface area contributed by atoms with Gasteiger partial charge in [0.2, 0.25) is 5.95 Å². The topological polar surface area (TPSA) is 90.1 Å². The summed E-state index contributed by atoms with van der Waals surface area (Å²) in [6.07, 6.45) is 1.59. The molecule has 1 heterocycles. The largest absolute Gasteiger partial charge is 0.495 e. The number of ether oxygens (including phenoxy) is 1. The quantitative estimate of drug-likeness (QED) is 0.429. The second-order valence-corrected chi connectivity index (χ2v) is 8.82. The number of benzene rings is 3. The van der Waals surface area contributed by atoms with E-state index in [4.69, 9.17) is 10.5 Å². The summed E-state index contributed by atoms with van der Waals surface area (Å²) in [7, 11) is 1.55. The number of aromatic nitrogens is 2. The number of methoxy groups -OCH3 is 1. The highest BCUT2D eigenvalue weighted by molar-refractivity contribution is 6.06. The van der Waals surface area contributed by atoms with Crippen molar-refractivity contribution in [2.45, 2.75) is 26.2 Å². The van der Waals surface area contributed by atoms with Crippen LogP contribution in [0.2, 0.25) is 0 Å². The molecule has 1 amide bonds. The van der Waals surface area contributed by atoms with Gasteiger partial charge < -0.3 is 15.8 Å². The molecule has 0 bridgehead atoms. The lowest BCUT2D eigenvalue weighted by Gasteiger charge is -2.21. The molecule has 0 radical (unpaired) electrons. The maximum atomic E-state index is 14.7. The van der Waals surface area contributed by atoms with Crippen LogP contribution in [0, 0.1) is 5.82 Å². The summed E-state index contributed by atoms with van der Waals surface area (Å²) >= 11 is 0. The Hall–Kier alpha value is -4.00. The molecule has 0 unspecified atom stereocenters.